The number of nitrogens with zero attached hydrogens (tertiary/aromatic N) is 1. The van der Waals surface area contributed by atoms with Gasteiger partial charge in [-0.15, -0.1) is 0 Å². The zero-order chi connectivity index (χ0) is 16.0. The van der Waals surface area contributed by atoms with Gasteiger partial charge < -0.3 is 0 Å². The van der Waals surface area contributed by atoms with Crippen molar-refractivity contribution in [3.05, 3.63) is 24.3 Å². The van der Waals surface area contributed by atoms with E-state index in [1.165, 1.54) is 0 Å². The minimum atomic E-state index is -3.16. The van der Waals surface area contributed by atoms with Crippen LogP contribution in [0.15, 0.2) is 24.3 Å². The van der Waals surface area contributed by atoms with Gasteiger partial charge in [0.05, 0.1) is 0 Å². The Morgan fingerprint density at radius 2 is 1.14 bits per heavy atom. The maximum Gasteiger partial charge on any atom is 2.00 e. The van der Waals surface area contributed by atoms with Gasteiger partial charge in [0.15, 0.2) is 0 Å². The summed E-state index contributed by atoms with van der Waals surface area (Å²) in [5.74, 6) is 0. The third kappa shape index (κ3) is 3.32. The van der Waals surface area contributed by atoms with Crippen molar-refractivity contribution >= 4 is 38.8 Å². The molecule has 0 unspecified atom stereocenters. The molecule has 0 saturated carbocycles. The van der Waals surface area contributed by atoms with Gasteiger partial charge in [-0.05, 0) is 0 Å². The maximum atomic E-state index is 7.29. The Morgan fingerprint density at radius 1 is 0.810 bits per heavy atom. The first-order valence-corrected chi connectivity index (χ1v) is 11.0. The van der Waals surface area contributed by atoms with Crippen molar-refractivity contribution in [2.45, 2.75) is 51.9 Å². The van der Waals surface area contributed by atoms with E-state index in [1.807, 2.05) is 14.1 Å². The summed E-state index contributed by atoms with van der Waals surface area (Å²) >= 11 is 14.6. The van der Waals surface area contributed by atoms with Crippen LogP contribution in [0.25, 0.3) is 0 Å². The predicted molar refractivity (Wildman–Crippen MR) is 98.5 cm³/mol. The first-order valence-electron chi connectivity index (χ1n) is 6.95. The molecule has 0 aromatic heterocycles. The number of anilines is 1. The Bertz CT molecular complexity index is 466. The van der Waals surface area contributed by atoms with E-state index in [0.717, 1.165) is 11.0 Å². The SMILES string of the molecule is CN(C)c1ccc(P(Cl)(Cl)(C(C)(C)C)C(C)(C)C)cc1.[Pd+2]. The van der Waals surface area contributed by atoms with Crippen molar-refractivity contribution in [1.82, 2.24) is 0 Å². The van der Waals surface area contributed by atoms with E-state index in [9.17, 15) is 0 Å². The van der Waals surface area contributed by atoms with Crippen LogP contribution in [0.1, 0.15) is 41.5 Å². The van der Waals surface area contributed by atoms with Crippen LogP contribution in [0.2, 0.25) is 0 Å². The van der Waals surface area contributed by atoms with E-state index >= 15 is 0 Å². The summed E-state index contributed by atoms with van der Waals surface area (Å²) in [6, 6.07) is 8.39. The van der Waals surface area contributed by atoms with Gasteiger partial charge in [0.2, 0.25) is 0 Å². The molecular weight excluding hydrogens is 414 g/mol. The molecule has 0 aliphatic carbocycles. The molecule has 1 nitrogen and oxygen atoms in total. The largest absolute Gasteiger partial charge is 2.00 e. The van der Waals surface area contributed by atoms with Crippen LogP contribution < -0.4 is 10.2 Å². The van der Waals surface area contributed by atoms with Crippen molar-refractivity contribution in [3.63, 3.8) is 0 Å². The molecular formula is C16H28Cl2NPPd+2. The smallest absolute Gasteiger partial charge is 2.00 e. The Kier molecular flexibility index (Phi) is 6.51. The number of rotatable bonds is 2. The monoisotopic (exact) mass is 441 g/mol. The summed E-state index contributed by atoms with van der Waals surface area (Å²) in [5, 5.41) is -2.46. The maximum absolute atomic E-state index is 7.29. The van der Waals surface area contributed by atoms with Gasteiger partial charge in [-0.1, -0.05) is 0 Å². The molecule has 0 heterocycles. The Balaban J connectivity index is 0.00000400. The number of halogens is 2. The number of hydrogen-bond donors (Lipinski definition) is 0. The molecule has 0 N–H and O–H groups in total. The molecule has 1 aromatic rings. The van der Waals surface area contributed by atoms with Gasteiger partial charge in [-0.3, -0.25) is 0 Å². The van der Waals surface area contributed by atoms with E-state index in [4.69, 9.17) is 22.5 Å². The quantitative estimate of drug-likeness (QED) is 0.411. The normalized spacial score (nSPS) is 14.9. The van der Waals surface area contributed by atoms with Crippen LogP contribution >= 0.6 is 27.8 Å². The van der Waals surface area contributed by atoms with Crippen molar-refractivity contribution in [2.24, 2.45) is 0 Å². The topological polar surface area (TPSA) is 3.24 Å². The van der Waals surface area contributed by atoms with Gasteiger partial charge in [-0.2, -0.15) is 0 Å². The number of hydrogen-bond acceptors (Lipinski definition) is 1. The molecule has 1 aromatic carbocycles. The summed E-state index contributed by atoms with van der Waals surface area (Å²) < 4.78 is 0. The molecule has 0 bridgehead atoms. The van der Waals surface area contributed by atoms with Crippen molar-refractivity contribution < 1.29 is 20.4 Å². The van der Waals surface area contributed by atoms with E-state index in [0.29, 0.717) is 0 Å². The first-order chi connectivity index (χ1) is 8.72. The summed E-state index contributed by atoms with van der Waals surface area (Å²) in [5.41, 5.74) is 1.16. The molecule has 124 valence electrons. The van der Waals surface area contributed by atoms with Crippen LogP contribution in [0.4, 0.5) is 5.69 Å². The van der Waals surface area contributed by atoms with E-state index in [2.05, 4.69) is 70.7 Å². The molecule has 0 atom stereocenters. The summed E-state index contributed by atoms with van der Waals surface area (Å²) in [4.78, 5) is 2.08. The van der Waals surface area contributed by atoms with Crippen LogP contribution in [0.3, 0.4) is 0 Å². The predicted octanol–water partition coefficient (Wildman–Crippen LogP) is 5.83. The molecule has 0 radical (unpaired) electrons. The minimum Gasteiger partial charge on any atom is 2.00 e. The van der Waals surface area contributed by atoms with E-state index in [1.54, 1.807) is 0 Å². The van der Waals surface area contributed by atoms with E-state index < -0.39 is 5.31 Å². The molecule has 0 aliphatic rings. The fourth-order valence-corrected chi connectivity index (χ4v) is 7.70. The fraction of sp³-hybridized carbons (Fsp3) is 0.625. The average molecular weight is 443 g/mol. The van der Waals surface area contributed by atoms with Crippen LogP contribution in [0, 0.1) is 0 Å². The zero-order valence-electron chi connectivity index (χ0n) is 14.3. The molecule has 0 spiro atoms. The number of benzene rings is 1. The molecule has 0 amide bonds. The van der Waals surface area contributed by atoms with Gasteiger partial charge in [0.25, 0.3) is 0 Å². The summed E-state index contributed by atoms with van der Waals surface area (Å²) in [6.07, 6.45) is 0. The fourth-order valence-electron chi connectivity index (χ4n) is 2.79. The van der Waals surface area contributed by atoms with Crippen LogP contribution in [-0.2, 0) is 20.4 Å². The zero-order valence-corrected chi connectivity index (χ0v) is 18.2. The van der Waals surface area contributed by atoms with Gasteiger partial charge >= 0.3 is 154 Å². The van der Waals surface area contributed by atoms with Crippen molar-refractivity contribution in [1.29, 1.82) is 0 Å². The second-order valence-electron chi connectivity index (χ2n) is 7.66. The molecule has 21 heavy (non-hydrogen) atoms. The first kappa shape index (κ1) is 21.7. The van der Waals surface area contributed by atoms with Gasteiger partial charge in [0.1, 0.15) is 0 Å². The third-order valence-corrected chi connectivity index (χ3v) is 17.3. The second-order valence-corrected chi connectivity index (χ2v) is 17.2. The third-order valence-electron chi connectivity index (χ3n) is 4.18. The minimum absolute atomic E-state index is 0. The molecule has 1 rings (SSSR count). The standard InChI is InChI=1S/C16H28Cl2NP.Pd/c1-15(2,3)20(17,18,16(4,5)6)14-11-9-13(10-12-14)19(7)8;/h9-12H,1-8H3;/q;+2. The Morgan fingerprint density at radius 3 is 1.38 bits per heavy atom. The molecule has 5 heteroatoms. The molecule has 0 fully saturated rings. The van der Waals surface area contributed by atoms with Gasteiger partial charge in [-0.25, -0.2) is 0 Å². The van der Waals surface area contributed by atoms with Crippen molar-refractivity contribution in [3.8, 4) is 0 Å². The average Bonchev–Trinajstić information content (AvgIpc) is 2.26. The van der Waals surface area contributed by atoms with Gasteiger partial charge in [0, 0.05) is 0 Å². The second kappa shape index (κ2) is 6.30. The van der Waals surface area contributed by atoms with Crippen molar-refractivity contribution in [2.75, 3.05) is 19.0 Å². The summed E-state index contributed by atoms with van der Waals surface area (Å²) in [7, 11) is 4.06. The molecule has 0 aliphatic heterocycles. The Labute approximate surface area is 153 Å². The Hall–Kier alpha value is 0.692. The summed E-state index contributed by atoms with van der Waals surface area (Å²) in [6.45, 7) is 12.9. The molecule has 0 saturated heterocycles. The van der Waals surface area contributed by atoms with Crippen LogP contribution in [0.5, 0.6) is 0 Å². The van der Waals surface area contributed by atoms with E-state index in [-0.39, 0.29) is 30.7 Å². The van der Waals surface area contributed by atoms with Crippen LogP contribution in [-0.4, -0.2) is 24.4 Å².